The van der Waals surface area contributed by atoms with Crippen LogP contribution in [0.1, 0.15) is 11.4 Å². The van der Waals surface area contributed by atoms with Crippen molar-refractivity contribution in [3.05, 3.63) is 50.7 Å². The molecule has 0 fully saturated rings. The average molecular weight is 363 g/mol. The Labute approximate surface area is 143 Å². The highest BCUT2D eigenvalue weighted by atomic mass is 35.5. The zero-order chi connectivity index (χ0) is 15.4. The van der Waals surface area contributed by atoms with Crippen LogP contribution < -0.4 is 4.74 Å². The number of halogens is 3. The molecule has 2 nitrogen and oxygen atoms in total. The van der Waals surface area contributed by atoms with Gasteiger partial charge in [0.05, 0.1) is 18.0 Å². The molecule has 0 radical (unpaired) electrons. The number of thioether (sulfide) groups is 1. The summed E-state index contributed by atoms with van der Waals surface area (Å²) in [6.45, 7) is 4.18. The van der Waals surface area contributed by atoms with Crippen molar-refractivity contribution in [1.29, 1.82) is 0 Å². The smallest absolute Gasteiger partial charge is 0.160 e. The predicted molar refractivity (Wildman–Crippen MR) is 91.4 cm³/mol. The van der Waals surface area contributed by atoms with Crippen LogP contribution in [0, 0.1) is 13.8 Å². The summed E-state index contributed by atoms with van der Waals surface area (Å²) in [6.07, 6.45) is 0. The highest BCUT2D eigenvalue weighted by Crippen LogP contribution is 2.36. The van der Waals surface area contributed by atoms with Crippen LogP contribution in [0.4, 0.5) is 0 Å². The predicted octanol–water partition coefficient (Wildman–Crippen LogP) is 5.83. The number of rotatable bonds is 5. The van der Waals surface area contributed by atoms with E-state index in [9.17, 15) is 0 Å². The molecular weight excluding hydrogens is 349 g/mol. The van der Waals surface area contributed by atoms with Gasteiger partial charge in [-0.2, -0.15) is 0 Å². The maximum absolute atomic E-state index is 6.19. The summed E-state index contributed by atoms with van der Waals surface area (Å²) in [7, 11) is 0. The fourth-order valence-electron chi connectivity index (χ4n) is 1.74. The normalized spacial score (nSPS) is 10.7. The molecule has 21 heavy (non-hydrogen) atoms. The third kappa shape index (κ3) is 4.43. The van der Waals surface area contributed by atoms with E-state index in [0.717, 1.165) is 27.1 Å². The van der Waals surface area contributed by atoms with E-state index in [-0.39, 0.29) is 0 Å². The topological polar surface area (TPSA) is 22.1 Å². The standard InChI is InChI=1S/C15H14Cl3NOS/c1-9-13(17)15(14(18)10(2)19-9)20-7-8-21-12-5-3-11(16)4-6-12/h3-6H,7-8H2,1-2H3. The number of ether oxygens (including phenoxy) is 1. The van der Waals surface area contributed by atoms with Gasteiger partial charge in [0, 0.05) is 15.7 Å². The Morgan fingerprint density at radius 1 is 1.00 bits per heavy atom. The van der Waals surface area contributed by atoms with Crippen LogP contribution in [-0.2, 0) is 0 Å². The van der Waals surface area contributed by atoms with Crippen LogP contribution in [0.5, 0.6) is 5.75 Å². The third-order valence-electron chi connectivity index (χ3n) is 2.78. The zero-order valence-electron chi connectivity index (χ0n) is 11.6. The van der Waals surface area contributed by atoms with Gasteiger partial charge in [-0.05, 0) is 38.1 Å². The molecule has 0 atom stereocenters. The quantitative estimate of drug-likeness (QED) is 0.493. The minimum absolute atomic E-state index is 0.474. The van der Waals surface area contributed by atoms with Crippen molar-refractivity contribution in [2.24, 2.45) is 0 Å². The van der Waals surface area contributed by atoms with Crippen LogP contribution in [-0.4, -0.2) is 17.3 Å². The average Bonchev–Trinajstić information content (AvgIpc) is 2.46. The Morgan fingerprint density at radius 3 is 2.14 bits per heavy atom. The van der Waals surface area contributed by atoms with Crippen LogP contribution >= 0.6 is 46.6 Å². The maximum Gasteiger partial charge on any atom is 0.160 e. The van der Waals surface area contributed by atoms with Crippen molar-refractivity contribution in [1.82, 2.24) is 4.98 Å². The minimum Gasteiger partial charge on any atom is -0.489 e. The molecule has 0 amide bonds. The Kier molecular flexibility index (Phi) is 6.06. The first-order valence-corrected chi connectivity index (χ1v) is 8.44. The molecule has 0 unspecified atom stereocenters. The lowest BCUT2D eigenvalue weighted by Gasteiger charge is -2.12. The third-order valence-corrected chi connectivity index (χ3v) is 4.90. The van der Waals surface area contributed by atoms with Crippen LogP contribution in [0.2, 0.25) is 15.1 Å². The first-order chi connectivity index (χ1) is 9.99. The number of benzene rings is 1. The summed E-state index contributed by atoms with van der Waals surface area (Å²) in [5, 5.41) is 1.68. The fraction of sp³-hybridized carbons (Fsp3) is 0.267. The van der Waals surface area contributed by atoms with Gasteiger partial charge < -0.3 is 4.74 Å². The van der Waals surface area contributed by atoms with Gasteiger partial charge in [0.15, 0.2) is 5.75 Å². The summed E-state index contributed by atoms with van der Waals surface area (Å²) in [5.74, 6) is 1.30. The summed E-state index contributed by atoms with van der Waals surface area (Å²) in [6, 6.07) is 7.70. The van der Waals surface area contributed by atoms with Gasteiger partial charge in [-0.1, -0.05) is 34.8 Å². The second kappa shape index (κ2) is 7.59. The van der Waals surface area contributed by atoms with E-state index in [1.807, 2.05) is 38.1 Å². The molecule has 1 heterocycles. The van der Waals surface area contributed by atoms with Gasteiger partial charge in [0.1, 0.15) is 10.0 Å². The van der Waals surface area contributed by atoms with E-state index in [4.69, 9.17) is 39.5 Å². The highest BCUT2D eigenvalue weighted by molar-refractivity contribution is 7.99. The number of hydrogen-bond acceptors (Lipinski definition) is 3. The van der Waals surface area contributed by atoms with Gasteiger partial charge in [-0.3, -0.25) is 4.98 Å². The van der Waals surface area contributed by atoms with Crippen LogP contribution in [0.15, 0.2) is 29.2 Å². The molecule has 2 aromatic rings. The number of aryl methyl sites for hydroxylation is 2. The number of nitrogens with zero attached hydrogens (tertiary/aromatic N) is 1. The maximum atomic E-state index is 6.19. The molecule has 0 N–H and O–H groups in total. The number of pyridine rings is 1. The van der Waals surface area contributed by atoms with Gasteiger partial charge in [-0.25, -0.2) is 0 Å². The SMILES string of the molecule is Cc1nc(C)c(Cl)c(OCCSc2ccc(Cl)cc2)c1Cl. The van der Waals surface area contributed by atoms with Crippen LogP contribution in [0.3, 0.4) is 0 Å². The summed E-state index contributed by atoms with van der Waals surface area (Å²) >= 11 is 19.9. The van der Waals surface area contributed by atoms with Crippen molar-refractivity contribution in [2.75, 3.05) is 12.4 Å². The van der Waals surface area contributed by atoms with Gasteiger partial charge in [0.2, 0.25) is 0 Å². The van der Waals surface area contributed by atoms with Crippen molar-refractivity contribution >= 4 is 46.6 Å². The van der Waals surface area contributed by atoms with Crippen molar-refractivity contribution in [3.63, 3.8) is 0 Å². The van der Waals surface area contributed by atoms with E-state index >= 15 is 0 Å². The molecule has 0 aliphatic carbocycles. The van der Waals surface area contributed by atoms with E-state index in [2.05, 4.69) is 4.98 Å². The second-order valence-electron chi connectivity index (χ2n) is 4.39. The molecule has 0 aliphatic heterocycles. The molecule has 0 bridgehead atoms. The summed E-state index contributed by atoms with van der Waals surface area (Å²) in [4.78, 5) is 5.40. The molecule has 0 saturated heterocycles. The Balaban J connectivity index is 1.93. The highest BCUT2D eigenvalue weighted by Gasteiger charge is 2.14. The van der Waals surface area contributed by atoms with E-state index in [0.29, 0.717) is 22.4 Å². The molecule has 112 valence electrons. The zero-order valence-corrected chi connectivity index (χ0v) is 14.7. The van der Waals surface area contributed by atoms with Gasteiger partial charge >= 0.3 is 0 Å². The summed E-state index contributed by atoms with van der Waals surface area (Å²) < 4.78 is 5.72. The molecular formula is C15H14Cl3NOS. The first-order valence-electron chi connectivity index (χ1n) is 6.32. The van der Waals surface area contributed by atoms with Crippen molar-refractivity contribution in [3.8, 4) is 5.75 Å². The van der Waals surface area contributed by atoms with E-state index in [1.165, 1.54) is 0 Å². The lowest BCUT2D eigenvalue weighted by molar-refractivity contribution is 0.343. The molecule has 2 rings (SSSR count). The van der Waals surface area contributed by atoms with Crippen LogP contribution in [0.25, 0.3) is 0 Å². The molecule has 1 aromatic heterocycles. The molecule has 6 heteroatoms. The summed E-state index contributed by atoms with van der Waals surface area (Å²) in [5.41, 5.74) is 1.44. The fourth-order valence-corrected chi connectivity index (χ4v) is 3.02. The monoisotopic (exact) mass is 361 g/mol. The Bertz CT molecular complexity index is 606. The lowest BCUT2D eigenvalue weighted by atomic mass is 10.3. The Hall–Kier alpha value is -0.610. The molecule has 0 saturated carbocycles. The van der Waals surface area contributed by atoms with Crippen molar-refractivity contribution < 1.29 is 4.74 Å². The minimum atomic E-state index is 0.474. The largest absolute Gasteiger partial charge is 0.489 e. The van der Waals surface area contributed by atoms with Gasteiger partial charge in [-0.15, -0.1) is 11.8 Å². The molecule has 0 spiro atoms. The van der Waals surface area contributed by atoms with E-state index < -0.39 is 0 Å². The van der Waals surface area contributed by atoms with Crippen molar-refractivity contribution in [2.45, 2.75) is 18.7 Å². The first kappa shape index (κ1) is 16.8. The molecule has 0 aliphatic rings. The number of aromatic nitrogens is 1. The lowest BCUT2D eigenvalue weighted by Crippen LogP contribution is -2.03. The Morgan fingerprint density at radius 2 is 1.57 bits per heavy atom. The number of hydrogen-bond donors (Lipinski definition) is 0. The van der Waals surface area contributed by atoms with Gasteiger partial charge in [0.25, 0.3) is 0 Å². The molecule has 1 aromatic carbocycles. The van der Waals surface area contributed by atoms with E-state index in [1.54, 1.807) is 11.8 Å². The second-order valence-corrected chi connectivity index (χ2v) is 6.75.